The number of sulfone groups is 1. The quantitative estimate of drug-likeness (QED) is 0.700. The molecule has 1 aromatic rings. The van der Waals surface area contributed by atoms with Gasteiger partial charge in [-0.05, 0) is 56.5 Å². The molecule has 0 saturated heterocycles. The smallest absolute Gasteiger partial charge is 0.240 e. The fourth-order valence-electron chi connectivity index (χ4n) is 2.01. The van der Waals surface area contributed by atoms with Crippen molar-refractivity contribution in [3.63, 3.8) is 0 Å². The zero-order valence-electron chi connectivity index (χ0n) is 12.9. The number of rotatable bonds is 7. The minimum Gasteiger partial charge on any atom is -0.330 e. The molecule has 6 nitrogen and oxygen atoms in total. The lowest BCUT2D eigenvalue weighted by atomic mass is 10.2. The van der Waals surface area contributed by atoms with Gasteiger partial charge in [-0.2, -0.15) is 0 Å². The van der Waals surface area contributed by atoms with E-state index in [9.17, 15) is 16.8 Å². The van der Waals surface area contributed by atoms with Gasteiger partial charge in [0.25, 0.3) is 0 Å². The summed E-state index contributed by atoms with van der Waals surface area (Å²) in [7, 11) is -7.21. The summed E-state index contributed by atoms with van der Waals surface area (Å²) < 4.78 is 50.6. The Morgan fingerprint density at radius 3 is 2.09 bits per heavy atom. The maximum absolute atomic E-state index is 12.3. The number of nitrogens with two attached hydrogens (primary N) is 1. The van der Waals surface area contributed by atoms with Gasteiger partial charge in [-0.1, -0.05) is 0 Å². The molecule has 0 aromatic heterocycles. The highest BCUT2D eigenvalue weighted by molar-refractivity contribution is 7.91. The van der Waals surface area contributed by atoms with Crippen LogP contribution in [0.3, 0.4) is 0 Å². The largest absolute Gasteiger partial charge is 0.330 e. The second kappa shape index (κ2) is 8.26. The molecule has 1 rings (SSSR count). The fraction of sp³-hybridized carbons (Fsp3) is 0.538. The summed E-state index contributed by atoms with van der Waals surface area (Å²) in [6.45, 7) is 3.95. The molecule has 0 fully saturated rings. The molecular weight excluding hydrogens is 348 g/mol. The summed E-state index contributed by atoms with van der Waals surface area (Å²) in [4.78, 5) is 0.0560. The third-order valence-electron chi connectivity index (χ3n) is 3.07. The van der Waals surface area contributed by atoms with Crippen LogP contribution in [-0.2, 0) is 19.9 Å². The summed E-state index contributed by atoms with van der Waals surface area (Å²) >= 11 is 0. The van der Waals surface area contributed by atoms with Gasteiger partial charge in [-0.25, -0.2) is 21.6 Å². The molecule has 0 atom stereocenters. The molecule has 0 radical (unpaired) electrons. The van der Waals surface area contributed by atoms with E-state index >= 15 is 0 Å². The Morgan fingerprint density at radius 2 is 1.59 bits per heavy atom. The molecule has 0 heterocycles. The lowest BCUT2D eigenvalue weighted by Crippen LogP contribution is -2.26. The van der Waals surface area contributed by atoms with E-state index in [2.05, 4.69) is 4.72 Å². The zero-order valence-corrected chi connectivity index (χ0v) is 15.4. The highest BCUT2D eigenvalue weighted by atomic mass is 35.5. The van der Waals surface area contributed by atoms with E-state index in [1.165, 1.54) is 19.1 Å². The molecule has 0 bridgehead atoms. The molecule has 9 heteroatoms. The van der Waals surface area contributed by atoms with Crippen LogP contribution < -0.4 is 10.5 Å². The monoisotopic (exact) mass is 370 g/mol. The first-order valence-corrected chi connectivity index (χ1v) is 9.98. The van der Waals surface area contributed by atoms with Crippen LogP contribution in [0.1, 0.15) is 24.0 Å². The van der Waals surface area contributed by atoms with E-state index in [0.29, 0.717) is 18.5 Å². The van der Waals surface area contributed by atoms with E-state index in [-0.39, 0.29) is 34.3 Å². The summed E-state index contributed by atoms with van der Waals surface area (Å²) in [6, 6.07) is 2.97. The third-order valence-corrected chi connectivity index (χ3v) is 5.88. The van der Waals surface area contributed by atoms with Crippen molar-refractivity contribution in [3.8, 4) is 0 Å². The predicted octanol–water partition coefficient (Wildman–Crippen LogP) is 1.15. The summed E-state index contributed by atoms with van der Waals surface area (Å²) in [6.07, 6.45) is 2.43. The van der Waals surface area contributed by atoms with Gasteiger partial charge in [0, 0.05) is 12.8 Å². The molecule has 0 spiro atoms. The van der Waals surface area contributed by atoms with E-state index in [1.54, 1.807) is 6.92 Å². The molecule has 0 aliphatic carbocycles. The van der Waals surface area contributed by atoms with Crippen molar-refractivity contribution in [1.29, 1.82) is 0 Å². The first-order chi connectivity index (χ1) is 9.59. The number of hydrogen-bond donors (Lipinski definition) is 2. The highest BCUT2D eigenvalue weighted by Gasteiger charge is 2.22. The van der Waals surface area contributed by atoms with E-state index in [0.717, 1.165) is 12.7 Å². The van der Waals surface area contributed by atoms with Crippen LogP contribution in [0.25, 0.3) is 0 Å². The van der Waals surface area contributed by atoms with Crippen molar-refractivity contribution >= 4 is 32.3 Å². The van der Waals surface area contributed by atoms with Crippen LogP contribution in [-0.4, -0.2) is 36.2 Å². The summed E-state index contributed by atoms with van der Waals surface area (Å²) in [5.74, 6) is 0. The predicted molar refractivity (Wildman–Crippen MR) is 89.8 cm³/mol. The van der Waals surface area contributed by atoms with Crippen molar-refractivity contribution in [2.75, 3.05) is 19.3 Å². The Hall–Kier alpha value is -0.670. The summed E-state index contributed by atoms with van der Waals surface area (Å²) in [5, 5.41) is 0. The van der Waals surface area contributed by atoms with Crippen LogP contribution in [0, 0.1) is 13.8 Å². The molecule has 1 aromatic carbocycles. The van der Waals surface area contributed by atoms with Crippen molar-refractivity contribution in [1.82, 2.24) is 4.72 Å². The molecule has 128 valence electrons. The van der Waals surface area contributed by atoms with Gasteiger partial charge in [0.05, 0.1) is 9.79 Å². The van der Waals surface area contributed by atoms with E-state index in [4.69, 9.17) is 5.73 Å². The minimum atomic E-state index is -3.73. The Kier molecular flexibility index (Phi) is 8.01. The number of aryl methyl sites for hydroxylation is 1. The molecule has 0 saturated carbocycles. The molecule has 0 aliphatic heterocycles. The van der Waals surface area contributed by atoms with Crippen LogP contribution in [0.5, 0.6) is 0 Å². The van der Waals surface area contributed by atoms with Gasteiger partial charge in [0.15, 0.2) is 9.84 Å². The average Bonchev–Trinajstić information content (AvgIpc) is 2.35. The molecule has 0 aliphatic rings. The standard InChI is InChI=1S/C13H22N2O4S2.ClH/c1-10-8-12(20(3,16)17)11(2)13(9-10)21(18,19)15-7-5-4-6-14;/h8-9,15H,4-7,14H2,1-3H3;1H. The molecule has 22 heavy (non-hydrogen) atoms. The van der Waals surface area contributed by atoms with Crippen LogP contribution in [0.15, 0.2) is 21.9 Å². The van der Waals surface area contributed by atoms with Crippen molar-refractivity contribution in [3.05, 3.63) is 23.3 Å². The van der Waals surface area contributed by atoms with Crippen molar-refractivity contribution in [2.24, 2.45) is 5.73 Å². The zero-order chi connectivity index (χ0) is 16.3. The van der Waals surface area contributed by atoms with Gasteiger partial charge in [-0.3, -0.25) is 0 Å². The molecular formula is C13H23ClN2O4S2. The number of nitrogens with one attached hydrogen (secondary N) is 1. The Balaban J connectivity index is 0.00000441. The Morgan fingerprint density at radius 1 is 1.05 bits per heavy atom. The normalized spacial score (nSPS) is 12.0. The number of benzene rings is 1. The van der Waals surface area contributed by atoms with Gasteiger partial charge in [0.1, 0.15) is 0 Å². The van der Waals surface area contributed by atoms with Gasteiger partial charge in [0.2, 0.25) is 10.0 Å². The SMILES string of the molecule is Cc1cc(S(C)(=O)=O)c(C)c(S(=O)(=O)NCCCCN)c1.Cl. The second-order valence-corrected chi connectivity index (χ2v) is 8.77. The number of hydrogen-bond acceptors (Lipinski definition) is 5. The van der Waals surface area contributed by atoms with Gasteiger partial charge in [-0.15, -0.1) is 12.4 Å². The highest BCUT2D eigenvalue weighted by Crippen LogP contribution is 2.24. The van der Waals surface area contributed by atoms with E-state index < -0.39 is 19.9 Å². The first-order valence-electron chi connectivity index (χ1n) is 6.60. The van der Waals surface area contributed by atoms with Crippen molar-refractivity contribution < 1.29 is 16.8 Å². The molecule has 3 N–H and O–H groups in total. The lowest BCUT2D eigenvalue weighted by molar-refractivity contribution is 0.576. The molecule has 0 amide bonds. The maximum atomic E-state index is 12.3. The van der Waals surface area contributed by atoms with E-state index in [1.807, 2.05) is 0 Å². The Labute approximate surface area is 138 Å². The average molecular weight is 371 g/mol. The van der Waals surface area contributed by atoms with Crippen LogP contribution in [0.4, 0.5) is 0 Å². The number of halogens is 1. The first kappa shape index (κ1) is 21.3. The number of sulfonamides is 1. The lowest BCUT2D eigenvalue weighted by Gasteiger charge is -2.13. The minimum absolute atomic E-state index is 0. The Bertz CT molecular complexity index is 716. The van der Waals surface area contributed by atoms with Crippen LogP contribution in [0.2, 0.25) is 0 Å². The van der Waals surface area contributed by atoms with Gasteiger partial charge < -0.3 is 5.73 Å². The maximum Gasteiger partial charge on any atom is 0.240 e. The van der Waals surface area contributed by atoms with Crippen molar-refractivity contribution in [2.45, 2.75) is 36.5 Å². The third kappa shape index (κ3) is 5.51. The summed E-state index contributed by atoms with van der Waals surface area (Å²) in [5.41, 5.74) is 6.19. The topological polar surface area (TPSA) is 106 Å². The molecule has 0 unspecified atom stereocenters. The number of unbranched alkanes of at least 4 members (excludes halogenated alkanes) is 1. The second-order valence-electron chi connectivity index (χ2n) is 5.05. The van der Waals surface area contributed by atoms with Crippen LogP contribution >= 0.6 is 12.4 Å². The van der Waals surface area contributed by atoms with Gasteiger partial charge >= 0.3 is 0 Å². The fourth-order valence-corrected chi connectivity index (χ4v) is 4.56.